The highest BCUT2D eigenvalue weighted by molar-refractivity contribution is 7.17. The van der Waals surface area contributed by atoms with Crippen molar-refractivity contribution in [2.24, 2.45) is 0 Å². The Labute approximate surface area is 171 Å². The van der Waals surface area contributed by atoms with Crippen LogP contribution in [0.5, 0.6) is 11.8 Å². The van der Waals surface area contributed by atoms with Gasteiger partial charge in [-0.1, -0.05) is 0 Å². The highest BCUT2D eigenvalue weighted by Gasteiger charge is 2.21. The number of thiazole rings is 1. The molecule has 0 radical (unpaired) electrons. The third-order valence-electron chi connectivity index (χ3n) is 3.97. The summed E-state index contributed by atoms with van der Waals surface area (Å²) >= 11 is 2.52. The van der Waals surface area contributed by atoms with Gasteiger partial charge in [0.05, 0.1) is 10.6 Å². The van der Waals surface area contributed by atoms with Crippen LogP contribution >= 0.6 is 22.7 Å². The summed E-state index contributed by atoms with van der Waals surface area (Å²) in [4.78, 5) is 13.6. The molecule has 4 rings (SSSR count). The number of aromatic hydroxyl groups is 1. The molecular formula is C19H12F3N3O2S2. The molecule has 148 valence electrons. The van der Waals surface area contributed by atoms with Gasteiger partial charge in [-0.2, -0.15) is 4.39 Å². The summed E-state index contributed by atoms with van der Waals surface area (Å²) in [6, 6.07) is 4.33. The van der Waals surface area contributed by atoms with Crippen LogP contribution < -0.4 is 4.74 Å². The van der Waals surface area contributed by atoms with Gasteiger partial charge in [0.15, 0.2) is 17.4 Å². The number of hydrogen-bond donors (Lipinski definition) is 1. The molecule has 0 saturated carbocycles. The van der Waals surface area contributed by atoms with E-state index in [0.29, 0.717) is 9.88 Å². The molecule has 0 aliphatic carbocycles. The van der Waals surface area contributed by atoms with Crippen LogP contribution in [0.25, 0.3) is 20.9 Å². The van der Waals surface area contributed by atoms with Crippen LogP contribution in [0.1, 0.15) is 10.7 Å². The van der Waals surface area contributed by atoms with Crippen molar-refractivity contribution in [3.63, 3.8) is 0 Å². The van der Waals surface area contributed by atoms with Gasteiger partial charge >= 0.3 is 6.01 Å². The molecule has 0 saturated heterocycles. The smallest absolute Gasteiger partial charge is 0.316 e. The molecule has 3 aromatic heterocycles. The SMILES string of the molecule is Cc1nc(COc2ncccn2)sc1-c1csc(-c2cc(F)c(O)c(F)c2F)c1. The predicted molar refractivity (Wildman–Crippen MR) is 104 cm³/mol. The summed E-state index contributed by atoms with van der Waals surface area (Å²) in [5, 5.41) is 11.7. The van der Waals surface area contributed by atoms with Crippen molar-refractivity contribution in [3.05, 3.63) is 64.1 Å². The molecule has 0 bridgehead atoms. The predicted octanol–water partition coefficient (Wildman–Crippen LogP) is 5.34. The minimum absolute atomic E-state index is 0.190. The minimum Gasteiger partial charge on any atom is -0.503 e. The van der Waals surface area contributed by atoms with E-state index in [2.05, 4.69) is 15.0 Å². The van der Waals surface area contributed by atoms with E-state index in [1.165, 1.54) is 11.3 Å². The van der Waals surface area contributed by atoms with Crippen molar-refractivity contribution in [3.8, 4) is 32.6 Å². The summed E-state index contributed by atoms with van der Waals surface area (Å²) in [6.07, 6.45) is 3.14. The number of phenolic OH excluding ortho intramolecular Hbond substituents is 1. The number of phenols is 1. The number of aromatic nitrogens is 3. The van der Waals surface area contributed by atoms with Crippen molar-refractivity contribution >= 4 is 22.7 Å². The summed E-state index contributed by atoms with van der Waals surface area (Å²) in [5.74, 6) is -5.44. The van der Waals surface area contributed by atoms with Gasteiger partial charge in [0, 0.05) is 33.8 Å². The molecule has 1 aromatic carbocycles. The molecule has 5 nitrogen and oxygen atoms in total. The van der Waals surface area contributed by atoms with Crippen LogP contribution in [0.4, 0.5) is 13.2 Å². The third kappa shape index (κ3) is 3.81. The summed E-state index contributed by atoms with van der Waals surface area (Å²) < 4.78 is 47.0. The second-order valence-corrected chi connectivity index (χ2v) is 7.92. The van der Waals surface area contributed by atoms with Crippen molar-refractivity contribution in [1.29, 1.82) is 0 Å². The molecule has 0 fully saturated rings. The number of aryl methyl sites for hydroxylation is 1. The maximum absolute atomic E-state index is 14.2. The van der Waals surface area contributed by atoms with Crippen LogP contribution in [-0.2, 0) is 6.61 Å². The van der Waals surface area contributed by atoms with Crippen molar-refractivity contribution in [2.75, 3.05) is 0 Å². The zero-order valence-corrected chi connectivity index (χ0v) is 16.5. The first kappa shape index (κ1) is 19.3. The zero-order valence-electron chi connectivity index (χ0n) is 14.8. The highest BCUT2D eigenvalue weighted by Crippen LogP contribution is 2.39. The van der Waals surface area contributed by atoms with Gasteiger partial charge in [0.2, 0.25) is 5.82 Å². The Morgan fingerprint density at radius 3 is 2.62 bits per heavy atom. The fraction of sp³-hybridized carbons (Fsp3) is 0.105. The molecule has 0 amide bonds. The fourth-order valence-corrected chi connectivity index (χ4v) is 4.58. The van der Waals surface area contributed by atoms with Gasteiger partial charge in [-0.3, -0.25) is 0 Å². The molecule has 0 atom stereocenters. The molecule has 3 heterocycles. The first-order valence-electron chi connectivity index (χ1n) is 8.26. The third-order valence-corrected chi connectivity index (χ3v) is 6.11. The monoisotopic (exact) mass is 435 g/mol. The van der Waals surface area contributed by atoms with E-state index in [9.17, 15) is 18.3 Å². The Bertz CT molecular complexity index is 1180. The van der Waals surface area contributed by atoms with E-state index in [0.717, 1.165) is 33.5 Å². The number of thiophene rings is 1. The molecule has 10 heteroatoms. The molecule has 29 heavy (non-hydrogen) atoms. The Balaban J connectivity index is 1.60. The van der Waals surface area contributed by atoms with Crippen molar-refractivity contribution < 1.29 is 23.0 Å². The van der Waals surface area contributed by atoms with E-state index in [4.69, 9.17) is 4.74 Å². The maximum atomic E-state index is 14.2. The Kier molecular flexibility index (Phi) is 5.20. The average molecular weight is 435 g/mol. The average Bonchev–Trinajstić information content (AvgIpc) is 3.35. The highest BCUT2D eigenvalue weighted by atomic mass is 32.1. The maximum Gasteiger partial charge on any atom is 0.316 e. The fourth-order valence-electron chi connectivity index (χ4n) is 2.63. The van der Waals surface area contributed by atoms with E-state index in [-0.39, 0.29) is 18.2 Å². The van der Waals surface area contributed by atoms with E-state index in [1.54, 1.807) is 29.9 Å². The molecular weight excluding hydrogens is 423 g/mol. The largest absolute Gasteiger partial charge is 0.503 e. The van der Waals surface area contributed by atoms with Gasteiger partial charge in [-0.15, -0.1) is 22.7 Å². The zero-order chi connectivity index (χ0) is 20.5. The van der Waals surface area contributed by atoms with Gasteiger partial charge in [0.1, 0.15) is 11.6 Å². The number of nitrogens with zero attached hydrogens (tertiary/aromatic N) is 3. The van der Waals surface area contributed by atoms with Gasteiger partial charge in [-0.25, -0.2) is 23.7 Å². The molecule has 0 spiro atoms. The summed E-state index contributed by atoms with van der Waals surface area (Å²) in [5.41, 5.74) is 1.24. The van der Waals surface area contributed by atoms with E-state index >= 15 is 0 Å². The molecule has 0 aliphatic rings. The van der Waals surface area contributed by atoms with Crippen LogP contribution in [0.3, 0.4) is 0 Å². The standard InChI is InChI=1S/C19H12F3N3O2S2/c1-9-18(29-14(25-9)7-27-19-23-3-2-4-24-19)10-5-13(28-8-10)11-6-12(20)17(26)16(22)15(11)21/h2-6,8,26H,7H2,1H3. The normalized spacial score (nSPS) is 11.0. The Hall–Kier alpha value is -2.98. The molecule has 0 aliphatic heterocycles. The van der Waals surface area contributed by atoms with E-state index < -0.39 is 23.2 Å². The van der Waals surface area contributed by atoms with Crippen molar-refractivity contribution in [2.45, 2.75) is 13.5 Å². The first-order chi connectivity index (χ1) is 13.9. The van der Waals surface area contributed by atoms with Crippen LogP contribution in [0.15, 0.2) is 36.0 Å². The van der Waals surface area contributed by atoms with Crippen molar-refractivity contribution in [1.82, 2.24) is 15.0 Å². The Morgan fingerprint density at radius 1 is 1.10 bits per heavy atom. The first-order valence-corrected chi connectivity index (χ1v) is 9.95. The van der Waals surface area contributed by atoms with Gasteiger partial charge in [0.25, 0.3) is 0 Å². The second-order valence-electron chi connectivity index (χ2n) is 5.92. The molecule has 1 N–H and O–H groups in total. The lowest BCUT2D eigenvalue weighted by Gasteiger charge is -2.04. The quantitative estimate of drug-likeness (QED) is 0.429. The number of benzene rings is 1. The molecule has 0 unspecified atom stereocenters. The lowest BCUT2D eigenvalue weighted by molar-refractivity contribution is 0.280. The number of ether oxygens (including phenoxy) is 1. The lowest BCUT2D eigenvalue weighted by atomic mass is 10.1. The van der Waals surface area contributed by atoms with Crippen LogP contribution in [0.2, 0.25) is 0 Å². The summed E-state index contributed by atoms with van der Waals surface area (Å²) in [7, 11) is 0. The van der Waals surface area contributed by atoms with Gasteiger partial charge in [-0.05, 0) is 25.1 Å². The number of halogens is 3. The molecule has 4 aromatic rings. The van der Waals surface area contributed by atoms with Gasteiger partial charge < -0.3 is 9.84 Å². The van der Waals surface area contributed by atoms with Crippen LogP contribution in [0, 0.1) is 24.4 Å². The lowest BCUT2D eigenvalue weighted by Crippen LogP contribution is -1.98. The Morgan fingerprint density at radius 2 is 1.86 bits per heavy atom. The minimum atomic E-state index is -1.61. The summed E-state index contributed by atoms with van der Waals surface area (Å²) in [6.45, 7) is 2.02. The second kappa shape index (κ2) is 7.80. The van der Waals surface area contributed by atoms with E-state index in [1.807, 2.05) is 6.92 Å². The van der Waals surface area contributed by atoms with Crippen LogP contribution in [-0.4, -0.2) is 20.1 Å². The number of rotatable bonds is 5. The topological polar surface area (TPSA) is 68.1 Å². The number of hydrogen-bond acceptors (Lipinski definition) is 7.